The lowest BCUT2D eigenvalue weighted by molar-refractivity contribution is 0.400. The fraction of sp³-hybridized carbons (Fsp3) is 0.267. The molecule has 0 unspecified atom stereocenters. The molecular weight excluding hydrogens is 309 g/mol. The van der Waals surface area contributed by atoms with E-state index in [1.54, 1.807) is 19.4 Å². The Hall–Kier alpha value is -1.65. The molecule has 2 rings (SSSR count). The summed E-state index contributed by atoms with van der Waals surface area (Å²) in [6, 6.07) is 7.49. The quantitative estimate of drug-likeness (QED) is 0.898. The van der Waals surface area contributed by atoms with Crippen molar-refractivity contribution >= 4 is 34.6 Å². The maximum absolute atomic E-state index is 6.03. The van der Waals surface area contributed by atoms with Gasteiger partial charge in [-0.2, -0.15) is 0 Å². The second-order valence-electron chi connectivity index (χ2n) is 4.71. The lowest BCUT2D eigenvalue weighted by Crippen LogP contribution is -2.13. The molecule has 21 heavy (non-hydrogen) atoms. The van der Waals surface area contributed by atoms with E-state index >= 15 is 0 Å². The number of benzene rings is 1. The molecule has 1 aromatic carbocycles. The maximum Gasteiger partial charge on any atom is 0.239 e. The highest BCUT2D eigenvalue weighted by Gasteiger charge is 2.12. The molecule has 0 aliphatic rings. The molecule has 0 amide bonds. The van der Waals surface area contributed by atoms with Gasteiger partial charge in [0.1, 0.15) is 5.69 Å². The molecule has 0 saturated heterocycles. The number of halogens is 2. The van der Waals surface area contributed by atoms with Crippen molar-refractivity contribution in [1.82, 2.24) is 4.98 Å². The van der Waals surface area contributed by atoms with Crippen LogP contribution in [0.3, 0.4) is 0 Å². The number of ether oxygens (including phenoxy) is 1. The minimum atomic E-state index is 0.543. The first-order valence-corrected chi connectivity index (χ1v) is 7.16. The van der Waals surface area contributed by atoms with Crippen molar-refractivity contribution < 1.29 is 4.74 Å². The van der Waals surface area contributed by atoms with E-state index in [-0.39, 0.29) is 0 Å². The summed E-state index contributed by atoms with van der Waals surface area (Å²) in [5, 5.41) is 4.44. The molecule has 1 aromatic heterocycles. The number of methoxy groups -OCH3 is 1. The zero-order valence-electron chi connectivity index (χ0n) is 12.2. The van der Waals surface area contributed by atoms with Crippen LogP contribution in [0.25, 0.3) is 0 Å². The molecule has 0 aliphatic heterocycles. The number of hydrogen-bond donors (Lipinski definition) is 1. The van der Waals surface area contributed by atoms with Gasteiger partial charge in [0.15, 0.2) is 0 Å². The van der Waals surface area contributed by atoms with Crippen LogP contribution in [-0.2, 0) is 6.54 Å². The van der Waals surface area contributed by atoms with Crippen molar-refractivity contribution in [3.63, 3.8) is 0 Å². The highest BCUT2D eigenvalue weighted by molar-refractivity contribution is 6.42. The smallest absolute Gasteiger partial charge is 0.239 e. The first kappa shape index (κ1) is 15.7. The van der Waals surface area contributed by atoms with Crippen molar-refractivity contribution in [2.75, 3.05) is 31.4 Å². The number of nitrogens with one attached hydrogen (secondary N) is 1. The molecule has 1 N–H and O–H groups in total. The third kappa shape index (κ3) is 3.71. The van der Waals surface area contributed by atoms with Crippen LogP contribution in [0.4, 0.5) is 11.4 Å². The Labute approximate surface area is 134 Å². The number of anilines is 2. The summed E-state index contributed by atoms with van der Waals surface area (Å²) >= 11 is 12.0. The number of pyridine rings is 1. The third-order valence-electron chi connectivity index (χ3n) is 3.02. The van der Waals surface area contributed by atoms with Crippen LogP contribution in [0.15, 0.2) is 30.5 Å². The molecule has 0 spiro atoms. The number of aromatic nitrogens is 1. The SMILES string of the molecule is COc1nccc(N(C)C)c1NCc1ccc(Cl)c(Cl)c1. The number of hydrogen-bond acceptors (Lipinski definition) is 4. The molecular formula is C15H17Cl2N3O. The first-order chi connectivity index (χ1) is 10.0. The lowest BCUT2D eigenvalue weighted by atomic mass is 10.2. The standard InChI is InChI=1S/C15H17Cl2N3O/c1-20(2)13-6-7-18-15(21-3)14(13)19-9-10-4-5-11(16)12(17)8-10/h4-8,19H,9H2,1-3H3. The van der Waals surface area contributed by atoms with Gasteiger partial charge in [-0.1, -0.05) is 29.3 Å². The van der Waals surface area contributed by atoms with Crippen LogP contribution >= 0.6 is 23.2 Å². The van der Waals surface area contributed by atoms with Gasteiger partial charge in [0.05, 0.1) is 22.8 Å². The van der Waals surface area contributed by atoms with E-state index in [1.165, 1.54) is 0 Å². The van der Waals surface area contributed by atoms with Gasteiger partial charge in [-0.05, 0) is 23.8 Å². The summed E-state index contributed by atoms with van der Waals surface area (Å²) in [5.74, 6) is 0.557. The molecule has 112 valence electrons. The lowest BCUT2D eigenvalue weighted by Gasteiger charge is -2.20. The van der Waals surface area contributed by atoms with Gasteiger partial charge in [0, 0.05) is 26.8 Å². The molecule has 0 fully saturated rings. The molecule has 0 saturated carbocycles. The van der Waals surface area contributed by atoms with Crippen molar-refractivity contribution in [2.24, 2.45) is 0 Å². The van der Waals surface area contributed by atoms with E-state index in [0.29, 0.717) is 22.5 Å². The summed E-state index contributed by atoms with van der Waals surface area (Å²) in [6.07, 6.45) is 1.72. The largest absolute Gasteiger partial charge is 0.479 e. The third-order valence-corrected chi connectivity index (χ3v) is 3.76. The van der Waals surface area contributed by atoms with Crippen molar-refractivity contribution in [1.29, 1.82) is 0 Å². The highest BCUT2D eigenvalue weighted by Crippen LogP contribution is 2.32. The Morgan fingerprint density at radius 3 is 2.57 bits per heavy atom. The Morgan fingerprint density at radius 1 is 1.19 bits per heavy atom. The van der Waals surface area contributed by atoms with Gasteiger partial charge in [0.2, 0.25) is 5.88 Å². The zero-order chi connectivity index (χ0) is 15.4. The minimum absolute atomic E-state index is 0.543. The topological polar surface area (TPSA) is 37.4 Å². The minimum Gasteiger partial charge on any atom is -0.479 e. The van der Waals surface area contributed by atoms with E-state index in [0.717, 1.165) is 16.9 Å². The van der Waals surface area contributed by atoms with Crippen LogP contribution in [0.2, 0.25) is 10.0 Å². The maximum atomic E-state index is 6.03. The average molecular weight is 326 g/mol. The van der Waals surface area contributed by atoms with E-state index in [4.69, 9.17) is 27.9 Å². The van der Waals surface area contributed by atoms with Crippen molar-refractivity contribution in [3.05, 3.63) is 46.1 Å². The number of nitrogens with zero attached hydrogens (tertiary/aromatic N) is 2. The van der Waals surface area contributed by atoms with E-state index in [1.807, 2.05) is 37.2 Å². The Kier molecular flexibility index (Phi) is 5.15. The van der Waals surface area contributed by atoms with Gasteiger partial charge in [-0.25, -0.2) is 4.98 Å². The predicted molar refractivity (Wildman–Crippen MR) is 88.9 cm³/mol. The fourth-order valence-electron chi connectivity index (χ4n) is 1.97. The van der Waals surface area contributed by atoms with Gasteiger partial charge in [0.25, 0.3) is 0 Å². The molecule has 0 aliphatic carbocycles. The monoisotopic (exact) mass is 325 g/mol. The summed E-state index contributed by atoms with van der Waals surface area (Å²) in [7, 11) is 5.55. The molecule has 1 heterocycles. The van der Waals surface area contributed by atoms with Crippen LogP contribution in [-0.4, -0.2) is 26.2 Å². The van der Waals surface area contributed by atoms with Gasteiger partial charge in [-0.15, -0.1) is 0 Å². The highest BCUT2D eigenvalue weighted by atomic mass is 35.5. The number of rotatable bonds is 5. The molecule has 0 bridgehead atoms. The molecule has 0 atom stereocenters. The first-order valence-electron chi connectivity index (χ1n) is 6.41. The second kappa shape index (κ2) is 6.87. The van der Waals surface area contributed by atoms with Gasteiger partial charge >= 0.3 is 0 Å². The zero-order valence-corrected chi connectivity index (χ0v) is 13.7. The predicted octanol–water partition coefficient (Wildman–Crippen LogP) is 4.08. The summed E-state index contributed by atoms with van der Waals surface area (Å²) in [4.78, 5) is 6.23. The Bertz CT molecular complexity index is 632. The average Bonchev–Trinajstić information content (AvgIpc) is 2.48. The van der Waals surface area contributed by atoms with E-state index in [2.05, 4.69) is 10.3 Å². The summed E-state index contributed by atoms with van der Waals surface area (Å²) < 4.78 is 5.32. The van der Waals surface area contributed by atoms with Gasteiger partial charge < -0.3 is 15.0 Å². The van der Waals surface area contributed by atoms with Crippen LogP contribution in [0, 0.1) is 0 Å². The van der Waals surface area contributed by atoms with E-state index < -0.39 is 0 Å². The molecule has 6 heteroatoms. The molecule has 0 radical (unpaired) electrons. The van der Waals surface area contributed by atoms with Crippen LogP contribution < -0.4 is 15.0 Å². The fourth-order valence-corrected chi connectivity index (χ4v) is 2.29. The summed E-state index contributed by atoms with van der Waals surface area (Å²) in [5.41, 5.74) is 2.87. The van der Waals surface area contributed by atoms with Crippen molar-refractivity contribution in [2.45, 2.75) is 6.54 Å². The second-order valence-corrected chi connectivity index (χ2v) is 5.53. The normalized spacial score (nSPS) is 10.3. The molecule has 2 aromatic rings. The summed E-state index contributed by atoms with van der Waals surface area (Å²) in [6.45, 7) is 0.597. The molecule has 4 nitrogen and oxygen atoms in total. The van der Waals surface area contributed by atoms with Crippen LogP contribution in [0.5, 0.6) is 5.88 Å². The Morgan fingerprint density at radius 2 is 1.95 bits per heavy atom. The van der Waals surface area contributed by atoms with Crippen molar-refractivity contribution in [3.8, 4) is 5.88 Å². The van der Waals surface area contributed by atoms with Gasteiger partial charge in [-0.3, -0.25) is 0 Å². The van der Waals surface area contributed by atoms with E-state index in [9.17, 15) is 0 Å². The van der Waals surface area contributed by atoms with Crippen LogP contribution in [0.1, 0.15) is 5.56 Å². The Balaban J connectivity index is 2.24.